The predicted molar refractivity (Wildman–Crippen MR) is 291 cm³/mol. The second-order valence-corrected chi connectivity index (χ2v) is 19.1. The van der Waals surface area contributed by atoms with Crippen LogP contribution >= 0.6 is 0 Å². The lowest BCUT2D eigenvalue weighted by Gasteiger charge is -2.24. The first-order valence-corrected chi connectivity index (χ1v) is 28.4. The first-order chi connectivity index (χ1) is 33.0. The molecule has 3 atom stereocenters. The highest BCUT2D eigenvalue weighted by Gasteiger charge is 2.24. The molecule has 0 saturated carbocycles. The van der Waals surface area contributed by atoms with E-state index in [1.807, 2.05) is 60.8 Å². The lowest BCUT2D eigenvalue weighted by molar-refractivity contribution is -0.151. The highest BCUT2D eigenvalue weighted by atomic mass is 16.5. The van der Waals surface area contributed by atoms with E-state index in [0.29, 0.717) is 19.3 Å². The predicted octanol–water partition coefficient (Wildman–Crippen LogP) is 17.5. The van der Waals surface area contributed by atoms with Gasteiger partial charge in [-0.05, 0) is 64.2 Å². The number of nitrogens with one attached hydrogen (secondary N) is 1. The number of carbonyl (C=O) groups excluding carboxylic acids is 2. The van der Waals surface area contributed by atoms with Crippen LogP contribution in [0, 0.1) is 0 Å². The fourth-order valence-corrected chi connectivity index (χ4v) is 8.35. The molecule has 3 unspecified atom stereocenters. The van der Waals surface area contributed by atoms with Gasteiger partial charge in [0.15, 0.2) is 0 Å². The summed E-state index contributed by atoms with van der Waals surface area (Å²) in [4.78, 5) is 26.2. The topological polar surface area (TPSA) is 95.9 Å². The number of carbonyl (C=O) groups is 2. The number of esters is 1. The van der Waals surface area contributed by atoms with Crippen LogP contribution in [-0.4, -0.2) is 46.9 Å². The van der Waals surface area contributed by atoms with Crippen LogP contribution in [-0.2, 0) is 14.3 Å². The maximum absolute atomic E-state index is 13.2. The van der Waals surface area contributed by atoms with E-state index in [2.05, 4.69) is 50.4 Å². The number of aliphatic hydroxyl groups excluding tert-OH is 2. The summed E-state index contributed by atoms with van der Waals surface area (Å²) < 4.78 is 5.91. The molecule has 6 nitrogen and oxygen atoms in total. The lowest BCUT2D eigenvalue weighted by atomic mass is 10.0. The number of hydrogen-bond acceptors (Lipinski definition) is 5. The summed E-state index contributed by atoms with van der Waals surface area (Å²) in [5.41, 5.74) is 0. The Kier molecular flexibility index (Phi) is 51.6. The molecule has 0 aromatic heterocycles. The summed E-state index contributed by atoms with van der Waals surface area (Å²) in [6.45, 7) is 6.33. The minimum absolute atomic E-state index is 0.0204. The van der Waals surface area contributed by atoms with Crippen molar-refractivity contribution < 1.29 is 24.5 Å². The molecule has 1 amide bonds. The third kappa shape index (κ3) is 49.3. The number of unbranched alkanes of at least 4 members (excludes halogenated alkanes) is 29. The molecular formula is C61H107NO5. The normalized spacial score (nSPS) is 13.8. The van der Waals surface area contributed by atoms with Crippen molar-refractivity contribution in [2.75, 3.05) is 6.61 Å². The van der Waals surface area contributed by atoms with Crippen LogP contribution in [0.15, 0.2) is 85.1 Å². The van der Waals surface area contributed by atoms with Crippen molar-refractivity contribution in [2.45, 2.75) is 283 Å². The van der Waals surface area contributed by atoms with Crippen LogP contribution in [0.25, 0.3) is 0 Å². The Hall–Kier alpha value is -2.96. The van der Waals surface area contributed by atoms with Crippen molar-refractivity contribution in [1.29, 1.82) is 0 Å². The summed E-state index contributed by atoms with van der Waals surface area (Å²) in [6.07, 6.45) is 70.8. The monoisotopic (exact) mass is 934 g/mol. The van der Waals surface area contributed by atoms with E-state index in [1.54, 1.807) is 0 Å². The van der Waals surface area contributed by atoms with E-state index < -0.39 is 18.2 Å². The second kappa shape index (κ2) is 54.0. The summed E-state index contributed by atoms with van der Waals surface area (Å²) in [5, 5.41) is 23.9. The van der Waals surface area contributed by atoms with Gasteiger partial charge < -0.3 is 20.3 Å². The van der Waals surface area contributed by atoms with Crippen molar-refractivity contribution in [3.63, 3.8) is 0 Å². The number of rotatable bonds is 50. The Bertz CT molecular complexity index is 1280. The first-order valence-electron chi connectivity index (χ1n) is 28.4. The molecule has 0 fully saturated rings. The molecule has 0 aromatic rings. The summed E-state index contributed by atoms with van der Waals surface area (Å²) in [7, 11) is 0. The number of hydrogen-bond donors (Lipinski definition) is 3. The standard InChI is InChI=1S/C61H107NO5/c1-4-7-10-13-16-19-22-25-28-30-32-35-38-41-44-47-50-53-59(64)58(56-63)62-60(65)55-57(52-49-46-43-40-37-34-31-27-24-21-18-15-12-9-6-3)67-61(66)54-51-48-45-42-39-36-33-29-26-23-20-17-14-11-8-5-2/h9,12,15,18,21,24,27,29,31,33-34,37,40,43,57-59,63-64H,4-8,10-11,13-14,16-17,19-20,22-23,25-26,28,30,32,35-36,38-39,41-42,44-56H2,1-3H3,(H,62,65)/b12-9-,18-15+,24-21+,31-27-,33-29+,37-34+,43-40+. The molecule has 0 spiro atoms. The average molecular weight is 935 g/mol. The van der Waals surface area contributed by atoms with E-state index in [9.17, 15) is 19.8 Å². The molecule has 67 heavy (non-hydrogen) atoms. The van der Waals surface area contributed by atoms with E-state index in [1.165, 1.54) is 154 Å². The Morgan fingerprint density at radius 1 is 0.448 bits per heavy atom. The van der Waals surface area contributed by atoms with E-state index in [0.717, 1.165) is 64.2 Å². The third-order valence-corrected chi connectivity index (χ3v) is 12.6. The third-order valence-electron chi connectivity index (χ3n) is 12.6. The van der Waals surface area contributed by atoms with Gasteiger partial charge in [0.2, 0.25) is 5.91 Å². The SMILES string of the molecule is CC\C=C/C=C/C=C/C=C\C=C\C=C\CCCC(CC(=O)NC(CO)C(O)CCCCCCCCCCCCCCCCCCC)OC(=O)CCCCCCC/C=C/CCCCCCCCC. The Morgan fingerprint density at radius 2 is 0.836 bits per heavy atom. The van der Waals surface area contributed by atoms with Crippen LogP contribution in [0.2, 0.25) is 0 Å². The molecule has 0 radical (unpaired) electrons. The van der Waals surface area contributed by atoms with Crippen LogP contribution in [0.1, 0.15) is 265 Å². The van der Waals surface area contributed by atoms with Gasteiger partial charge in [0.05, 0.1) is 25.2 Å². The molecule has 0 saturated heterocycles. The van der Waals surface area contributed by atoms with Gasteiger partial charge in [0, 0.05) is 6.42 Å². The van der Waals surface area contributed by atoms with Gasteiger partial charge in [-0.2, -0.15) is 0 Å². The van der Waals surface area contributed by atoms with E-state index >= 15 is 0 Å². The Balaban J connectivity index is 4.66. The zero-order chi connectivity index (χ0) is 48.8. The van der Waals surface area contributed by atoms with Crippen LogP contribution < -0.4 is 5.32 Å². The highest BCUT2D eigenvalue weighted by Crippen LogP contribution is 2.17. The molecule has 0 aliphatic heterocycles. The van der Waals surface area contributed by atoms with E-state index in [4.69, 9.17) is 4.74 Å². The molecule has 0 heterocycles. The van der Waals surface area contributed by atoms with Crippen molar-refractivity contribution in [3.05, 3.63) is 85.1 Å². The van der Waals surface area contributed by atoms with Gasteiger partial charge >= 0.3 is 5.97 Å². The molecule has 0 aliphatic carbocycles. The van der Waals surface area contributed by atoms with Crippen LogP contribution in [0.5, 0.6) is 0 Å². The van der Waals surface area contributed by atoms with Crippen molar-refractivity contribution >= 4 is 11.9 Å². The quantitative estimate of drug-likeness (QED) is 0.0244. The van der Waals surface area contributed by atoms with E-state index in [-0.39, 0.29) is 24.9 Å². The van der Waals surface area contributed by atoms with Crippen LogP contribution in [0.3, 0.4) is 0 Å². The minimum atomic E-state index is -0.814. The minimum Gasteiger partial charge on any atom is -0.462 e. The Morgan fingerprint density at radius 3 is 1.28 bits per heavy atom. The fourth-order valence-electron chi connectivity index (χ4n) is 8.35. The van der Waals surface area contributed by atoms with Gasteiger partial charge in [-0.25, -0.2) is 0 Å². The molecule has 0 bridgehead atoms. The molecule has 3 N–H and O–H groups in total. The van der Waals surface area contributed by atoms with Crippen LogP contribution in [0.4, 0.5) is 0 Å². The number of ether oxygens (including phenoxy) is 1. The summed E-state index contributed by atoms with van der Waals surface area (Å²) in [5.74, 6) is -0.558. The molecular weight excluding hydrogens is 827 g/mol. The van der Waals surface area contributed by atoms with Gasteiger partial charge in [0.1, 0.15) is 6.10 Å². The maximum Gasteiger partial charge on any atom is 0.306 e. The molecule has 0 rings (SSSR count). The lowest BCUT2D eigenvalue weighted by Crippen LogP contribution is -2.46. The van der Waals surface area contributed by atoms with Crippen molar-refractivity contribution in [2.24, 2.45) is 0 Å². The Labute approximate surface area is 414 Å². The average Bonchev–Trinajstić information content (AvgIpc) is 3.32. The number of aliphatic hydroxyl groups is 2. The first kappa shape index (κ1) is 64.0. The number of allylic oxidation sites excluding steroid dienone is 14. The van der Waals surface area contributed by atoms with Gasteiger partial charge in [-0.3, -0.25) is 9.59 Å². The summed E-state index contributed by atoms with van der Waals surface area (Å²) in [6, 6.07) is -0.732. The van der Waals surface area contributed by atoms with Gasteiger partial charge in [-0.1, -0.05) is 273 Å². The van der Waals surface area contributed by atoms with Gasteiger partial charge in [0.25, 0.3) is 0 Å². The zero-order valence-electron chi connectivity index (χ0n) is 44.0. The fraction of sp³-hybridized carbons (Fsp3) is 0.738. The largest absolute Gasteiger partial charge is 0.462 e. The molecule has 386 valence electrons. The molecule has 0 aliphatic rings. The zero-order valence-corrected chi connectivity index (χ0v) is 44.0. The van der Waals surface area contributed by atoms with Gasteiger partial charge in [-0.15, -0.1) is 0 Å². The summed E-state index contributed by atoms with van der Waals surface area (Å²) >= 11 is 0. The highest BCUT2D eigenvalue weighted by molar-refractivity contribution is 5.77. The smallest absolute Gasteiger partial charge is 0.306 e. The molecule has 6 heteroatoms. The van der Waals surface area contributed by atoms with Crippen molar-refractivity contribution in [3.8, 4) is 0 Å². The number of amides is 1. The maximum atomic E-state index is 13.2. The second-order valence-electron chi connectivity index (χ2n) is 19.1. The molecule has 0 aromatic carbocycles. The van der Waals surface area contributed by atoms with Crippen molar-refractivity contribution in [1.82, 2.24) is 5.32 Å².